The molecule has 1 aromatic rings. The van der Waals surface area contributed by atoms with Gasteiger partial charge in [-0.2, -0.15) is 13.2 Å². The van der Waals surface area contributed by atoms with E-state index in [4.69, 9.17) is 0 Å². The van der Waals surface area contributed by atoms with E-state index in [2.05, 4.69) is 10.1 Å². The zero-order chi connectivity index (χ0) is 13.3. The first-order valence-corrected chi connectivity index (χ1v) is 5.43. The lowest BCUT2D eigenvalue weighted by Gasteiger charge is -2.25. The smallest absolute Gasteiger partial charge is 0.416 e. The standard InChI is InChI=1S/C12H12F3NO2/c1-18-11(17)8-4-7-2-3-9(12(13,14)15)5-10(7)16-6-8/h2-3,5,8,16H,4,6H2,1H3. The normalized spacial score (nSPS) is 18.8. The molecule has 1 aliphatic heterocycles. The van der Waals surface area contributed by atoms with Crippen molar-refractivity contribution in [3.05, 3.63) is 29.3 Å². The zero-order valence-electron chi connectivity index (χ0n) is 9.67. The molecule has 0 aliphatic carbocycles. The largest absolute Gasteiger partial charge is 0.469 e. The Morgan fingerprint density at radius 3 is 2.78 bits per heavy atom. The Balaban J connectivity index is 2.24. The predicted octanol–water partition coefficient (Wildman–Crippen LogP) is 2.46. The first-order valence-electron chi connectivity index (χ1n) is 5.43. The molecule has 1 unspecified atom stereocenters. The number of rotatable bonds is 1. The van der Waals surface area contributed by atoms with Gasteiger partial charge in [0.15, 0.2) is 0 Å². The van der Waals surface area contributed by atoms with Crippen LogP contribution in [0.5, 0.6) is 0 Å². The number of anilines is 1. The summed E-state index contributed by atoms with van der Waals surface area (Å²) in [5, 5.41) is 2.84. The van der Waals surface area contributed by atoms with E-state index in [1.165, 1.54) is 13.2 Å². The van der Waals surface area contributed by atoms with Crippen LogP contribution in [0.3, 0.4) is 0 Å². The van der Waals surface area contributed by atoms with Crippen LogP contribution in [0.25, 0.3) is 0 Å². The highest BCUT2D eigenvalue weighted by molar-refractivity contribution is 5.75. The molecule has 6 heteroatoms. The molecule has 0 saturated carbocycles. The van der Waals surface area contributed by atoms with E-state index >= 15 is 0 Å². The molecule has 1 heterocycles. The lowest BCUT2D eigenvalue weighted by molar-refractivity contribution is -0.145. The van der Waals surface area contributed by atoms with Crippen molar-refractivity contribution in [1.29, 1.82) is 0 Å². The third kappa shape index (κ3) is 2.42. The first kappa shape index (κ1) is 12.7. The number of halogens is 3. The number of hydrogen-bond donors (Lipinski definition) is 1. The average Bonchev–Trinajstić information content (AvgIpc) is 2.35. The molecule has 0 aromatic heterocycles. The summed E-state index contributed by atoms with van der Waals surface area (Å²) in [5.74, 6) is -0.702. The van der Waals surface area contributed by atoms with Gasteiger partial charge in [0, 0.05) is 12.2 Å². The summed E-state index contributed by atoms with van der Waals surface area (Å²) in [7, 11) is 1.30. The number of ether oxygens (including phenoxy) is 1. The minimum atomic E-state index is -4.35. The van der Waals surface area contributed by atoms with Crippen molar-refractivity contribution in [1.82, 2.24) is 0 Å². The average molecular weight is 259 g/mol. The van der Waals surface area contributed by atoms with E-state index < -0.39 is 11.7 Å². The summed E-state index contributed by atoms with van der Waals surface area (Å²) in [4.78, 5) is 11.4. The van der Waals surface area contributed by atoms with Crippen molar-refractivity contribution in [2.24, 2.45) is 5.92 Å². The zero-order valence-corrected chi connectivity index (χ0v) is 9.67. The Hall–Kier alpha value is -1.72. The molecule has 1 N–H and O–H groups in total. The van der Waals surface area contributed by atoms with Gasteiger partial charge in [0.1, 0.15) is 0 Å². The minimum Gasteiger partial charge on any atom is -0.469 e. The molecule has 1 aromatic carbocycles. The number of esters is 1. The van der Waals surface area contributed by atoms with Crippen LogP contribution in [0.4, 0.5) is 18.9 Å². The van der Waals surface area contributed by atoms with Crippen LogP contribution < -0.4 is 5.32 Å². The first-order chi connectivity index (χ1) is 8.41. The number of carbonyl (C=O) groups excluding carboxylic acids is 1. The van der Waals surface area contributed by atoms with Crippen LogP contribution in [0.1, 0.15) is 11.1 Å². The number of alkyl halides is 3. The maximum Gasteiger partial charge on any atom is 0.416 e. The Labute approximate surface area is 102 Å². The summed E-state index contributed by atoms with van der Waals surface area (Å²) >= 11 is 0. The van der Waals surface area contributed by atoms with Gasteiger partial charge in [0.25, 0.3) is 0 Å². The summed E-state index contributed by atoms with van der Waals surface area (Å²) < 4.78 is 42.2. The Kier molecular flexibility index (Phi) is 3.19. The van der Waals surface area contributed by atoms with Gasteiger partial charge in [-0.05, 0) is 24.1 Å². The second kappa shape index (κ2) is 4.51. The molecule has 0 saturated heterocycles. The van der Waals surface area contributed by atoms with E-state index in [1.54, 1.807) is 0 Å². The van der Waals surface area contributed by atoms with Gasteiger partial charge in [-0.15, -0.1) is 0 Å². The molecule has 18 heavy (non-hydrogen) atoms. The molecule has 0 spiro atoms. The fourth-order valence-electron chi connectivity index (χ4n) is 2.00. The molecular formula is C12H12F3NO2. The van der Waals surface area contributed by atoms with Gasteiger partial charge in [-0.3, -0.25) is 4.79 Å². The van der Waals surface area contributed by atoms with Crippen molar-refractivity contribution in [2.75, 3.05) is 19.0 Å². The summed E-state index contributed by atoms with van der Waals surface area (Å²) in [6.07, 6.45) is -3.96. The topological polar surface area (TPSA) is 38.3 Å². The monoisotopic (exact) mass is 259 g/mol. The van der Waals surface area contributed by atoms with E-state index in [1.807, 2.05) is 0 Å². The van der Waals surface area contributed by atoms with Gasteiger partial charge >= 0.3 is 12.1 Å². The van der Waals surface area contributed by atoms with Gasteiger partial charge in [0.05, 0.1) is 18.6 Å². The molecule has 0 bridgehead atoms. The highest BCUT2D eigenvalue weighted by atomic mass is 19.4. The fraction of sp³-hybridized carbons (Fsp3) is 0.417. The van der Waals surface area contributed by atoms with Crippen LogP contribution in [-0.2, 0) is 22.1 Å². The van der Waals surface area contributed by atoms with Crippen molar-refractivity contribution in [3.8, 4) is 0 Å². The van der Waals surface area contributed by atoms with Crippen LogP contribution in [-0.4, -0.2) is 19.6 Å². The lowest BCUT2D eigenvalue weighted by Crippen LogP contribution is -2.30. The summed E-state index contributed by atoms with van der Waals surface area (Å²) in [5.41, 5.74) is 0.444. The van der Waals surface area contributed by atoms with Crippen LogP contribution >= 0.6 is 0 Å². The van der Waals surface area contributed by atoms with E-state index in [0.29, 0.717) is 24.2 Å². The van der Waals surface area contributed by atoms with Crippen LogP contribution in [0.15, 0.2) is 18.2 Å². The number of methoxy groups -OCH3 is 1. The minimum absolute atomic E-state index is 0.293. The highest BCUT2D eigenvalue weighted by Crippen LogP contribution is 2.34. The molecule has 98 valence electrons. The Bertz CT molecular complexity index is 471. The maximum atomic E-state index is 12.5. The molecule has 1 atom stereocenters. The molecule has 1 aliphatic rings. The van der Waals surface area contributed by atoms with Gasteiger partial charge in [-0.1, -0.05) is 6.07 Å². The summed E-state index contributed by atoms with van der Waals surface area (Å²) in [6.45, 7) is 0.293. The van der Waals surface area contributed by atoms with Crippen molar-refractivity contribution >= 4 is 11.7 Å². The van der Waals surface area contributed by atoms with Gasteiger partial charge in [0.2, 0.25) is 0 Å². The fourth-order valence-corrected chi connectivity index (χ4v) is 2.00. The van der Waals surface area contributed by atoms with E-state index in [0.717, 1.165) is 12.1 Å². The van der Waals surface area contributed by atoms with Crippen molar-refractivity contribution in [2.45, 2.75) is 12.6 Å². The lowest BCUT2D eigenvalue weighted by atomic mass is 9.93. The molecule has 3 nitrogen and oxygen atoms in total. The van der Waals surface area contributed by atoms with E-state index in [9.17, 15) is 18.0 Å². The van der Waals surface area contributed by atoms with Crippen LogP contribution in [0.2, 0.25) is 0 Å². The van der Waals surface area contributed by atoms with Crippen molar-refractivity contribution in [3.63, 3.8) is 0 Å². The number of fused-ring (bicyclic) bond motifs is 1. The van der Waals surface area contributed by atoms with Gasteiger partial charge in [-0.25, -0.2) is 0 Å². The number of benzene rings is 1. The second-order valence-electron chi connectivity index (χ2n) is 4.17. The summed E-state index contributed by atoms with van der Waals surface area (Å²) in [6, 6.07) is 3.50. The SMILES string of the molecule is COC(=O)C1CNc2cc(C(F)(F)F)ccc2C1. The van der Waals surface area contributed by atoms with Crippen LogP contribution in [0, 0.1) is 5.92 Å². The maximum absolute atomic E-state index is 12.5. The Morgan fingerprint density at radius 2 is 2.17 bits per heavy atom. The number of carbonyl (C=O) groups is 1. The third-order valence-electron chi connectivity index (χ3n) is 2.98. The van der Waals surface area contributed by atoms with Gasteiger partial charge < -0.3 is 10.1 Å². The van der Waals surface area contributed by atoms with E-state index in [-0.39, 0.29) is 11.9 Å². The predicted molar refractivity (Wildman–Crippen MR) is 59.1 cm³/mol. The number of nitrogens with one attached hydrogen (secondary N) is 1. The molecule has 0 amide bonds. The van der Waals surface area contributed by atoms with Crippen molar-refractivity contribution < 1.29 is 22.7 Å². The Morgan fingerprint density at radius 1 is 1.44 bits per heavy atom. The highest BCUT2D eigenvalue weighted by Gasteiger charge is 2.32. The molecular weight excluding hydrogens is 247 g/mol. The molecule has 2 rings (SSSR count). The second-order valence-corrected chi connectivity index (χ2v) is 4.17. The number of hydrogen-bond acceptors (Lipinski definition) is 3. The quantitative estimate of drug-likeness (QED) is 0.787. The third-order valence-corrected chi connectivity index (χ3v) is 2.98. The molecule has 0 radical (unpaired) electrons. The molecule has 0 fully saturated rings.